The topological polar surface area (TPSA) is 77.6 Å². The van der Waals surface area contributed by atoms with Gasteiger partial charge in [-0.25, -0.2) is 4.98 Å². The van der Waals surface area contributed by atoms with Gasteiger partial charge in [-0.05, 0) is 51.3 Å². The Kier molecular flexibility index (Phi) is 6.05. The number of amides is 1. The molecule has 1 amide bonds. The van der Waals surface area contributed by atoms with Gasteiger partial charge in [0.15, 0.2) is 5.69 Å². The number of hydrogen-bond donors (Lipinski definition) is 1. The van der Waals surface area contributed by atoms with Crippen LogP contribution in [0.5, 0.6) is 0 Å². The molecule has 3 aromatic heterocycles. The summed E-state index contributed by atoms with van der Waals surface area (Å²) in [6, 6.07) is 10.4. The van der Waals surface area contributed by atoms with Crippen molar-refractivity contribution in [3.63, 3.8) is 0 Å². The normalized spacial score (nSPS) is 13.9. The van der Waals surface area contributed by atoms with Crippen LogP contribution in [0.25, 0.3) is 22.2 Å². The van der Waals surface area contributed by atoms with Crippen LogP contribution in [0.1, 0.15) is 58.3 Å². The number of aryl methyl sites for hydroxylation is 3. The van der Waals surface area contributed by atoms with Crippen molar-refractivity contribution in [2.24, 2.45) is 7.05 Å². The number of nitrogens with one attached hydrogen (secondary N) is 1. The Labute approximate surface area is 206 Å². The van der Waals surface area contributed by atoms with Crippen LogP contribution in [0.4, 0.5) is 13.2 Å². The van der Waals surface area contributed by atoms with Crippen molar-refractivity contribution in [1.82, 2.24) is 29.9 Å². The van der Waals surface area contributed by atoms with E-state index >= 15 is 0 Å². The molecule has 0 atom stereocenters. The number of rotatable bonds is 7. The molecule has 36 heavy (non-hydrogen) atoms. The van der Waals surface area contributed by atoms with Crippen LogP contribution >= 0.6 is 0 Å². The molecule has 7 nitrogen and oxygen atoms in total. The maximum Gasteiger partial charge on any atom is 0.435 e. The van der Waals surface area contributed by atoms with Gasteiger partial charge >= 0.3 is 6.18 Å². The third kappa shape index (κ3) is 4.59. The Morgan fingerprint density at radius 2 is 1.89 bits per heavy atom. The van der Waals surface area contributed by atoms with E-state index in [9.17, 15) is 18.0 Å². The maximum absolute atomic E-state index is 13.2. The monoisotopic (exact) mass is 496 g/mol. The molecule has 1 fully saturated rings. The molecule has 5 rings (SSSR count). The smallest absolute Gasteiger partial charge is 0.352 e. The average molecular weight is 497 g/mol. The predicted molar refractivity (Wildman–Crippen MR) is 130 cm³/mol. The highest BCUT2D eigenvalue weighted by molar-refractivity contribution is 6.07. The zero-order chi connectivity index (χ0) is 25.6. The van der Waals surface area contributed by atoms with Gasteiger partial charge in [0.25, 0.3) is 5.91 Å². The van der Waals surface area contributed by atoms with E-state index in [2.05, 4.69) is 15.5 Å². The third-order valence-electron chi connectivity index (χ3n) is 6.66. The Morgan fingerprint density at radius 3 is 2.56 bits per heavy atom. The van der Waals surface area contributed by atoms with E-state index in [0.29, 0.717) is 42.0 Å². The molecule has 4 aromatic rings. The van der Waals surface area contributed by atoms with Crippen molar-refractivity contribution in [2.75, 3.05) is 6.54 Å². The highest BCUT2D eigenvalue weighted by Gasteiger charge is 2.37. The lowest BCUT2D eigenvalue weighted by molar-refractivity contribution is -0.141. The van der Waals surface area contributed by atoms with Crippen LogP contribution in [0, 0.1) is 13.8 Å². The second-order valence-electron chi connectivity index (χ2n) is 9.30. The Balaban J connectivity index is 1.34. The minimum atomic E-state index is -4.46. The molecule has 1 aromatic carbocycles. The molecule has 10 heteroatoms. The number of carbonyl (C=O) groups excluding carboxylic acids is 1. The van der Waals surface area contributed by atoms with Crippen LogP contribution in [0.15, 0.2) is 36.4 Å². The van der Waals surface area contributed by atoms with Gasteiger partial charge < -0.3 is 5.32 Å². The van der Waals surface area contributed by atoms with E-state index in [0.717, 1.165) is 41.2 Å². The summed E-state index contributed by atoms with van der Waals surface area (Å²) in [7, 11) is 1.87. The zero-order valence-electron chi connectivity index (χ0n) is 20.4. The van der Waals surface area contributed by atoms with Gasteiger partial charge in [0.05, 0.1) is 22.5 Å². The lowest BCUT2D eigenvalue weighted by atomic mass is 10.0. The van der Waals surface area contributed by atoms with Gasteiger partial charge in [-0.2, -0.15) is 23.4 Å². The van der Waals surface area contributed by atoms with E-state index in [1.165, 1.54) is 4.68 Å². The highest BCUT2D eigenvalue weighted by Crippen LogP contribution is 2.42. The molecular weight excluding hydrogens is 469 g/mol. The average Bonchev–Trinajstić information content (AvgIpc) is 3.52. The first kappa shape index (κ1) is 24.0. The van der Waals surface area contributed by atoms with Crippen molar-refractivity contribution in [1.29, 1.82) is 0 Å². The molecule has 1 aliphatic carbocycles. The van der Waals surface area contributed by atoms with Gasteiger partial charge in [0.2, 0.25) is 0 Å². The summed E-state index contributed by atoms with van der Waals surface area (Å²) in [5, 5.41) is 11.9. The summed E-state index contributed by atoms with van der Waals surface area (Å²) in [6.45, 7) is 4.48. The first-order valence-electron chi connectivity index (χ1n) is 12.0. The summed E-state index contributed by atoms with van der Waals surface area (Å²) >= 11 is 0. The number of hydrogen-bond acceptors (Lipinski definition) is 4. The first-order chi connectivity index (χ1) is 17.1. The van der Waals surface area contributed by atoms with E-state index in [4.69, 9.17) is 4.98 Å². The number of alkyl halides is 3. The Morgan fingerprint density at radius 1 is 1.14 bits per heavy atom. The summed E-state index contributed by atoms with van der Waals surface area (Å²) in [4.78, 5) is 18.0. The number of nitrogens with zero attached hydrogens (tertiary/aromatic N) is 5. The zero-order valence-corrected chi connectivity index (χ0v) is 20.4. The van der Waals surface area contributed by atoms with Crippen molar-refractivity contribution < 1.29 is 18.0 Å². The number of pyridine rings is 1. The fourth-order valence-electron chi connectivity index (χ4n) is 4.62. The van der Waals surface area contributed by atoms with E-state index in [1.807, 2.05) is 45.2 Å². The summed E-state index contributed by atoms with van der Waals surface area (Å²) in [5.74, 6) is -0.114. The standard InChI is InChI=1S/C26H27F3N6O/c1-15-24(16(2)34(3)32-15)21-13-19(18-7-4-5-8-20(18)31-21)25(36)30-11-6-12-35-22(17-9-10-17)14-23(33-35)26(27,28)29/h4-5,7-8,13-14,17H,6,9-12H2,1-3H3,(H,30,36). The number of para-hydroxylation sites is 1. The third-order valence-corrected chi connectivity index (χ3v) is 6.66. The van der Waals surface area contributed by atoms with Gasteiger partial charge in [-0.1, -0.05) is 18.2 Å². The number of halogens is 3. The van der Waals surface area contributed by atoms with Crippen LogP contribution in [-0.2, 0) is 19.8 Å². The molecule has 0 saturated heterocycles. The molecule has 3 heterocycles. The SMILES string of the molecule is Cc1nn(C)c(C)c1-c1cc(C(=O)NCCCn2nc(C(F)(F)F)cc2C2CC2)c2ccccc2n1. The fourth-order valence-corrected chi connectivity index (χ4v) is 4.62. The van der Waals surface area contributed by atoms with Gasteiger partial charge in [0.1, 0.15) is 0 Å². The summed E-state index contributed by atoms with van der Waals surface area (Å²) < 4.78 is 42.6. The lowest BCUT2D eigenvalue weighted by Crippen LogP contribution is -2.26. The van der Waals surface area contributed by atoms with Crippen molar-refractivity contribution in [3.8, 4) is 11.3 Å². The van der Waals surface area contributed by atoms with Gasteiger partial charge in [-0.15, -0.1) is 0 Å². The van der Waals surface area contributed by atoms with Crippen LogP contribution in [0.3, 0.4) is 0 Å². The summed E-state index contributed by atoms with van der Waals surface area (Å²) in [6.07, 6.45) is -2.24. The highest BCUT2D eigenvalue weighted by atomic mass is 19.4. The quantitative estimate of drug-likeness (QED) is 0.359. The lowest BCUT2D eigenvalue weighted by Gasteiger charge is -2.12. The molecule has 1 N–H and O–H groups in total. The van der Waals surface area contributed by atoms with Gasteiger partial charge in [-0.3, -0.25) is 14.2 Å². The second kappa shape index (κ2) is 9.07. The molecule has 0 spiro atoms. The number of aromatic nitrogens is 5. The number of fused-ring (bicyclic) bond motifs is 1. The largest absolute Gasteiger partial charge is 0.435 e. The fraction of sp³-hybridized carbons (Fsp3) is 0.385. The van der Waals surface area contributed by atoms with Crippen LogP contribution < -0.4 is 5.32 Å². The number of carbonyl (C=O) groups is 1. The minimum Gasteiger partial charge on any atom is -0.352 e. The molecular formula is C26H27F3N6O. The Bertz CT molecular complexity index is 1450. The van der Waals surface area contributed by atoms with Crippen molar-refractivity contribution in [3.05, 3.63) is 64.7 Å². The van der Waals surface area contributed by atoms with Crippen LogP contribution in [0.2, 0.25) is 0 Å². The Hall–Kier alpha value is -3.69. The molecule has 0 bridgehead atoms. The van der Waals surface area contributed by atoms with E-state index in [-0.39, 0.29) is 11.8 Å². The molecule has 1 aliphatic rings. The molecule has 0 unspecified atom stereocenters. The van der Waals surface area contributed by atoms with Crippen molar-refractivity contribution in [2.45, 2.75) is 51.7 Å². The van der Waals surface area contributed by atoms with Crippen molar-refractivity contribution >= 4 is 16.8 Å². The second-order valence-corrected chi connectivity index (χ2v) is 9.30. The predicted octanol–water partition coefficient (Wildman–Crippen LogP) is 5.16. The van der Waals surface area contributed by atoms with E-state index in [1.54, 1.807) is 10.7 Å². The molecule has 0 radical (unpaired) electrons. The molecule has 1 saturated carbocycles. The first-order valence-corrected chi connectivity index (χ1v) is 12.0. The maximum atomic E-state index is 13.2. The minimum absolute atomic E-state index is 0.143. The number of benzene rings is 1. The molecule has 188 valence electrons. The van der Waals surface area contributed by atoms with Crippen LogP contribution in [-0.4, -0.2) is 37.0 Å². The van der Waals surface area contributed by atoms with Gasteiger partial charge in [0, 0.05) is 48.4 Å². The summed E-state index contributed by atoms with van der Waals surface area (Å²) in [5.41, 5.74) is 4.31. The molecule has 0 aliphatic heterocycles. The van der Waals surface area contributed by atoms with E-state index < -0.39 is 11.9 Å².